The fraction of sp³-hybridized carbons (Fsp3) is 0.182. The van der Waals surface area contributed by atoms with Crippen LogP contribution in [0.25, 0.3) is 0 Å². The first-order valence-electron chi connectivity index (χ1n) is 9.79. The molecule has 3 aromatic rings. The maximum absolute atomic E-state index is 12.0. The number of primary amides is 1. The third-order valence-electron chi connectivity index (χ3n) is 4.96. The number of nitrogens with zero attached hydrogens (tertiary/aromatic N) is 3. The van der Waals surface area contributed by atoms with Crippen LogP contribution >= 0.6 is 0 Å². The van der Waals surface area contributed by atoms with Crippen LogP contribution in [0.5, 0.6) is 0 Å². The maximum atomic E-state index is 12.0. The lowest BCUT2D eigenvalue weighted by atomic mass is 10.1. The van der Waals surface area contributed by atoms with Crippen molar-refractivity contribution in [1.29, 1.82) is 0 Å². The lowest BCUT2D eigenvalue weighted by Gasteiger charge is -2.21. The number of aromatic carboxylic acids is 1. The molecule has 1 amide bonds. The molecule has 0 aliphatic carbocycles. The van der Waals surface area contributed by atoms with Crippen molar-refractivity contribution in [3.8, 4) is 0 Å². The summed E-state index contributed by atoms with van der Waals surface area (Å²) in [5.74, 6) is -1.73. The zero-order chi connectivity index (χ0) is 24.2. The Morgan fingerprint density at radius 3 is 2.39 bits per heavy atom. The number of para-hydroxylation sites is 1. The number of hydrogen-bond acceptors (Lipinski definition) is 7. The van der Waals surface area contributed by atoms with Gasteiger partial charge >= 0.3 is 5.97 Å². The molecule has 2 heterocycles. The van der Waals surface area contributed by atoms with Gasteiger partial charge in [0.05, 0.1) is 28.8 Å². The van der Waals surface area contributed by atoms with Gasteiger partial charge in [-0.1, -0.05) is 18.2 Å². The molecular weight excluding hydrogens is 446 g/mol. The van der Waals surface area contributed by atoms with E-state index in [-0.39, 0.29) is 17.7 Å². The molecule has 172 valence electrons. The second-order valence-corrected chi connectivity index (χ2v) is 9.33. The van der Waals surface area contributed by atoms with Gasteiger partial charge in [0, 0.05) is 43.8 Å². The Kier molecular flexibility index (Phi) is 6.92. The number of carboxylic acid groups (broad SMARTS) is 1. The number of anilines is 2. The first kappa shape index (κ1) is 23.7. The van der Waals surface area contributed by atoms with Gasteiger partial charge in [-0.05, 0) is 29.8 Å². The minimum Gasteiger partial charge on any atom is -0.478 e. The largest absolute Gasteiger partial charge is 0.478 e. The van der Waals surface area contributed by atoms with Gasteiger partial charge in [0.1, 0.15) is 0 Å². The van der Waals surface area contributed by atoms with E-state index in [2.05, 4.69) is 15.3 Å². The van der Waals surface area contributed by atoms with Crippen molar-refractivity contribution in [2.24, 2.45) is 5.73 Å². The van der Waals surface area contributed by atoms with Crippen molar-refractivity contribution in [3.05, 3.63) is 82.9 Å². The van der Waals surface area contributed by atoms with Crippen molar-refractivity contribution < 1.29 is 23.1 Å². The topological polar surface area (TPSA) is 156 Å². The third-order valence-corrected chi connectivity index (χ3v) is 6.15. The lowest BCUT2D eigenvalue weighted by molar-refractivity contribution is 0.0696. The molecule has 4 N–H and O–H groups in total. The van der Waals surface area contributed by atoms with Crippen LogP contribution in [-0.4, -0.2) is 48.7 Å². The van der Waals surface area contributed by atoms with Gasteiger partial charge < -0.3 is 16.2 Å². The number of nitrogens with two attached hydrogens (primary N) is 1. The van der Waals surface area contributed by atoms with Crippen molar-refractivity contribution in [3.63, 3.8) is 0 Å². The Balaban J connectivity index is 1.86. The molecule has 0 unspecified atom stereocenters. The monoisotopic (exact) mass is 469 g/mol. The highest BCUT2D eigenvalue weighted by Gasteiger charge is 2.16. The molecule has 0 aliphatic rings. The molecule has 0 aliphatic heterocycles. The number of sulfonamides is 1. The number of amides is 1. The number of rotatable bonds is 9. The fourth-order valence-corrected chi connectivity index (χ4v) is 3.65. The van der Waals surface area contributed by atoms with E-state index in [0.717, 1.165) is 6.26 Å². The van der Waals surface area contributed by atoms with Crippen molar-refractivity contribution in [1.82, 2.24) is 9.97 Å². The molecule has 3 rings (SSSR count). The highest BCUT2D eigenvalue weighted by atomic mass is 32.2. The third kappa shape index (κ3) is 5.83. The maximum Gasteiger partial charge on any atom is 0.337 e. The molecule has 0 atom stereocenters. The molecule has 0 saturated heterocycles. The zero-order valence-electron chi connectivity index (χ0n) is 18.0. The molecule has 33 heavy (non-hydrogen) atoms. The summed E-state index contributed by atoms with van der Waals surface area (Å²) >= 11 is 0. The SMILES string of the molecule is CN(c1ccccc1CNc1cc(Cc2ccc(C(=O)O)cn2)ncc1C(N)=O)S(C)(=O)=O. The average molecular weight is 470 g/mol. The van der Waals surface area contributed by atoms with E-state index in [9.17, 15) is 18.0 Å². The number of aromatic nitrogens is 2. The summed E-state index contributed by atoms with van der Waals surface area (Å²) in [4.78, 5) is 31.3. The lowest BCUT2D eigenvalue weighted by Crippen LogP contribution is -2.26. The van der Waals surface area contributed by atoms with Crippen LogP contribution in [-0.2, 0) is 23.0 Å². The number of carbonyl (C=O) groups is 2. The molecule has 1 aromatic carbocycles. The van der Waals surface area contributed by atoms with E-state index in [4.69, 9.17) is 10.8 Å². The molecule has 0 radical (unpaired) electrons. The van der Waals surface area contributed by atoms with Crippen molar-refractivity contribution in [2.45, 2.75) is 13.0 Å². The van der Waals surface area contributed by atoms with Crippen molar-refractivity contribution in [2.75, 3.05) is 22.9 Å². The van der Waals surface area contributed by atoms with Gasteiger partial charge in [-0.25, -0.2) is 13.2 Å². The average Bonchev–Trinajstić information content (AvgIpc) is 2.77. The summed E-state index contributed by atoms with van der Waals surface area (Å²) in [6, 6.07) is 11.7. The van der Waals surface area contributed by atoms with Crippen LogP contribution in [0.2, 0.25) is 0 Å². The number of carboxylic acids is 1. The molecule has 10 nitrogen and oxygen atoms in total. The van der Waals surface area contributed by atoms with Gasteiger partial charge in [-0.3, -0.25) is 19.1 Å². The molecule has 0 bridgehead atoms. The smallest absolute Gasteiger partial charge is 0.337 e. The van der Waals surface area contributed by atoms with Crippen LogP contribution in [0.15, 0.2) is 54.9 Å². The number of pyridine rings is 2. The van der Waals surface area contributed by atoms with Crippen LogP contribution in [0.1, 0.15) is 37.7 Å². The predicted molar refractivity (Wildman–Crippen MR) is 124 cm³/mol. The van der Waals surface area contributed by atoms with E-state index in [1.54, 1.807) is 36.4 Å². The standard InChI is InChI=1S/C22H23N5O5S/c1-27(33(2,31)32)20-6-4-3-5-14(20)11-26-19-10-17(25-13-18(19)21(23)28)9-16-8-7-15(12-24-16)22(29)30/h3-8,10,12-13H,9,11H2,1-2H3,(H2,23,28)(H,25,26)(H,29,30). The highest BCUT2D eigenvalue weighted by Crippen LogP contribution is 2.24. The van der Waals surface area contributed by atoms with Gasteiger partial charge in [0.15, 0.2) is 0 Å². The number of carbonyl (C=O) groups excluding carboxylic acids is 1. The van der Waals surface area contributed by atoms with Crippen LogP contribution in [0.4, 0.5) is 11.4 Å². The normalized spacial score (nSPS) is 11.1. The molecular formula is C22H23N5O5S. The van der Waals surface area contributed by atoms with Crippen LogP contribution < -0.4 is 15.4 Å². The van der Waals surface area contributed by atoms with Gasteiger partial charge in [0.2, 0.25) is 10.0 Å². The molecule has 0 spiro atoms. The first-order valence-corrected chi connectivity index (χ1v) is 11.6. The van der Waals surface area contributed by atoms with E-state index >= 15 is 0 Å². The molecule has 2 aromatic heterocycles. The summed E-state index contributed by atoms with van der Waals surface area (Å²) in [5, 5.41) is 12.1. The summed E-state index contributed by atoms with van der Waals surface area (Å²) in [5.41, 5.74) is 8.58. The number of hydrogen-bond donors (Lipinski definition) is 3. The Morgan fingerprint density at radius 2 is 1.79 bits per heavy atom. The highest BCUT2D eigenvalue weighted by molar-refractivity contribution is 7.92. The summed E-state index contributed by atoms with van der Waals surface area (Å²) in [6.45, 7) is 0.228. The van der Waals surface area contributed by atoms with Crippen LogP contribution in [0.3, 0.4) is 0 Å². The molecule has 0 fully saturated rings. The number of nitrogens with one attached hydrogen (secondary N) is 1. The fourth-order valence-electron chi connectivity index (χ4n) is 3.12. The van der Waals surface area contributed by atoms with E-state index in [1.165, 1.54) is 29.8 Å². The molecule has 11 heteroatoms. The Hall–Kier alpha value is -3.99. The Labute approximate surface area is 191 Å². The van der Waals surface area contributed by atoms with Crippen molar-refractivity contribution >= 4 is 33.3 Å². The first-order chi connectivity index (χ1) is 15.6. The number of benzene rings is 1. The summed E-state index contributed by atoms with van der Waals surface area (Å²) < 4.78 is 25.1. The van der Waals surface area contributed by atoms with E-state index in [0.29, 0.717) is 34.7 Å². The Bertz CT molecular complexity index is 1290. The summed E-state index contributed by atoms with van der Waals surface area (Å²) in [6.07, 6.45) is 4.06. The van der Waals surface area contributed by atoms with E-state index in [1.807, 2.05) is 0 Å². The van der Waals surface area contributed by atoms with Gasteiger partial charge in [0.25, 0.3) is 5.91 Å². The zero-order valence-corrected chi connectivity index (χ0v) is 18.8. The quantitative estimate of drug-likeness (QED) is 0.429. The van der Waals surface area contributed by atoms with Gasteiger partial charge in [-0.15, -0.1) is 0 Å². The van der Waals surface area contributed by atoms with Crippen LogP contribution in [0, 0.1) is 0 Å². The summed E-state index contributed by atoms with van der Waals surface area (Å²) in [7, 11) is -1.99. The Morgan fingerprint density at radius 1 is 1.09 bits per heavy atom. The second-order valence-electron chi connectivity index (χ2n) is 7.32. The minimum atomic E-state index is -3.45. The van der Waals surface area contributed by atoms with E-state index < -0.39 is 21.9 Å². The minimum absolute atomic E-state index is 0.0795. The van der Waals surface area contributed by atoms with Gasteiger partial charge in [-0.2, -0.15) is 0 Å². The second kappa shape index (κ2) is 9.65. The molecule has 0 saturated carbocycles. The predicted octanol–water partition coefficient (Wildman–Crippen LogP) is 1.87.